The highest BCUT2D eigenvalue weighted by molar-refractivity contribution is 4.93. The second-order valence-electron chi connectivity index (χ2n) is 8.34. The van der Waals surface area contributed by atoms with E-state index in [9.17, 15) is 0 Å². The van der Waals surface area contributed by atoms with Crippen LogP contribution in [0.25, 0.3) is 0 Å². The van der Waals surface area contributed by atoms with Crippen LogP contribution in [0.5, 0.6) is 0 Å². The molecule has 0 radical (unpaired) electrons. The maximum atomic E-state index is 4.06. The molecule has 5 atom stereocenters. The molecule has 2 nitrogen and oxygen atoms in total. The van der Waals surface area contributed by atoms with Crippen molar-refractivity contribution in [3.8, 4) is 0 Å². The Morgan fingerprint density at radius 1 is 0.714 bits per heavy atom. The molecule has 0 spiro atoms. The minimum absolute atomic E-state index is 0.796. The summed E-state index contributed by atoms with van der Waals surface area (Å²) in [6.45, 7) is 2.73. The van der Waals surface area contributed by atoms with Gasteiger partial charge in [-0.3, -0.25) is 4.90 Å². The first-order valence-electron chi connectivity index (χ1n) is 9.90. The smallest absolute Gasteiger partial charge is 0.0197 e. The third-order valence-electron chi connectivity index (χ3n) is 7.06. The van der Waals surface area contributed by atoms with Crippen LogP contribution in [0, 0.1) is 11.8 Å². The van der Waals surface area contributed by atoms with E-state index >= 15 is 0 Å². The standard InChI is InChI=1S/C19H34N2/c1-3-9-18-15(6-1)11-12-17(20-18)14-21-13-5-8-16-7-2-4-10-19(16)21/h15-20H,1-14H2/t15?,16-,17?,18?,19-/m1/s1. The van der Waals surface area contributed by atoms with Gasteiger partial charge in [-0.05, 0) is 69.7 Å². The van der Waals surface area contributed by atoms with E-state index in [2.05, 4.69) is 10.2 Å². The van der Waals surface area contributed by atoms with Crippen molar-refractivity contribution in [2.24, 2.45) is 11.8 Å². The summed E-state index contributed by atoms with van der Waals surface area (Å²) >= 11 is 0. The number of rotatable bonds is 2. The molecule has 4 rings (SSSR count). The van der Waals surface area contributed by atoms with Gasteiger partial charge in [0.2, 0.25) is 0 Å². The van der Waals surface area contributed by atoms with Crippen LogP contribution in [0.15, 0.2) is 0 Å². The van der Waals surface area contributed by atoms with Gasteiger partial charge in [0.15, 0.2) is 0 Å². The van der Waals surface area contributed by atoms with E-state index in [0.717, 1.165) is 30.0 Å². The van der Waals surface area contributed by atoms with E-state index in [4.69, 9.17) is 0 Å². The van der Waals surface area contributed by atoms with Gasteiger partial charge in [0.05, 0.1) is 0 Å². The largest absolute Gasteiger partial charge is 0.310 e. The lowest BCUT2D eigenvalue weighted by molar-refractivity contribution is 0.0419. The van der Waals surface area contributed by atoms with Crippen LogP contribution in [0.4, 0.5) is 0 Å². The Morgan fingerprint density at radius 3 is 2.43 bits per heavy atom. The highest BCUT2D eigenvalue weighted by atomic mass is 15.2. The van der Waals surface area contributed by atoms with Crippen molar-refractivity contribution in [1.29, 1.82) is 0 Å². The van der Waals surface area contributed by atoms with Gasteiger partial charge < -0.3 is 5.32 Å². The first kappa shape index (κ1) is 14.5. The van der Waals surface area contributed by atoms with Gasteiger partial charge in [-0.2, -0.15) is 0 Å². The van der Waals surface area contributed by atoms with Gasteiger partial charge in [0.1, 0.15) is 0 Å². The van der Waals surface area contributed by atoms with Gasteiger partial charge in [-0.15, -0.1) is 0 Å². The highest BCUT2D eigenvalue weighted by Gasteiger charge is 2.36. The lowest BCUT2D eigenvalue weighted by Gasteiger charge is -2.47. The first-order chi connectivity index (χ1) is 10.4. The van der Waals surface area contributed by atoms with Gasteiger partial charge >= 0.3 is 0 Å². The number of fused-ring (bicyclic) bond motifs is 2. The second kappa shape index (κ2) is 6.58. The molecule has 0 amide bonds. The molecule has 2 aliphatic carbocycles. The maximum Gasteiger partial charge on any atom is 0.0197 e. The highest BCUT2D eigenvalue weighted by Crippen LogP contribution is 2.37. The van der Waals surface area contributed by atoms with E-state index in [0.29, 0.717) is 0 Å². The van der Waals surface area contributed by atoms with Crippen molar-refractivity contribution >= 4 is 0 Å². The van der Waals surface area contributed by atoms with Crippen LogP contribution in [0.2, 0.25) is 0 Å². The molecule has 2 heteroatoms. The Hall–Kier alpha value is -0.0800. The fourth-order valence-electron chi connectivity index (χ4n) is 5.96. The number of hydrogen-bond acceptors (Lipinski definition) is 2. The summed E-state index contributed by atoms with van der Waals surface area (Å²) in [5, 5.41) is 4.06. The average Bonchev–Trinajstić information content (AvgIpc) is 2.55. The predicted molar refractivity (Wildman–Crippen MR) is 88.5 cm³/mol. The summed E-state index contributed by atoms with van der Waals surface area (Å²) in [6, 6.07) is 2.60. The van der Waals surface area contributed by atoms with E-state index in [1.54, 1.807) is 0 Å². The summed E-state index contributed by atoms with van der Waals surface area (Å²) in [5.74, 6) is 2.05. The molecular formula is C19H34N2. The molecule has 4 fully saturated rings. The lowest BCUT2D eigenvalue weighted by Crippen LogP contribution is -2.56. The molecular weight excluding hydrogens is 256 g/mol. The molecule has 120 valence electrons. The Bertz CT molecular complexity index is 340. The summed E-state index contributed by atoms with van der Waals surface area (Å²) in [6.07, 6.45) is 17.8. The van der Waals surface area contributed by atoms with E-state index in [1.165, 1.54) is 90.1 Å². The summed E-state index contributed by atoms with van der Waals surface area (Å²) in [4.78, 5) is 2.90. The maximum absolute atomic E-state index is 4.06. The predicted octanol–water partition coefficient (Wildman–Crippen LogP) is 3.95. The van der Waals surface area contributed by atoms with Gasteiger partial charge in [0.25, 0.3) is 0 Å². The van der Waals surface area contributed by atoms with Gasteiger partial charge in [-0.1, -0.05) is 25.7 Å². The van der Waals surface area contributed by atoms with E-state index < -0.39 is 0 Å². The molecule has 0 aromatic rings. The molecule has 3 unspecified atom stereocenters. The van der Waals surface area contributed by atoms with Crippen LogP contribution in [0.1, 0.15) is 77.0 Å². The molecule has 2 aliphatic heterocycles. The van der Waals surface area contributed by atoms with Crippen molar-refractivity contribution in [3.63, 3.8) is 0 Å². The number of likely N-dealkylation sites (tertiary alicyclic amines) is 1. The third-order valence-corrected chi connectivity index (χ3v) is 7.06. The van der Waals surface area contributed by atoms with Crippen LogP contribution >= 0.6 is 0 Å². The van der Waals surface area contributed by atoms with Gasteiger partial charge in [-0.25, -0.2) is 0 Å². The number of piperidine rings is 2. The number of nitrogens with one attached hydrogen (secondary N) is 1. The van der Waals surface area contributed by atoms with Crippen LogP contribution in [0.3, 0.4) is 0 Å². The average molecular weight is 290 g/mol. The molecule has 1 N–H and O–H groups in total. The molecule has 0 aromatic carbocycles. The fourth-order valence-corrected chi connectivity index (χ4v) is 5.96. The zero-order valence-corrected chi connectivity index (χ0v) is 13.7. The minimum atomic E-state index is 0.796. The quantitative estimate of drug-likeness (QED) is 0.828. The summed E-state index contributed by atoms with van der Waals surface area (Å²) in [7, 11) is 0. The molecule has 0 bridgehead atoms. The van der Waals surface area contributed by atoms with Crippen molar-refractivity contribution in [2.75, 3.05) is 13.1 Å². The summed E-state index contributed by atoms with van der Waals surface area (Å²) in [5.41, 5.74) is 0. The Labute approximate surface area is 131 Å². The zero-order chi connectivity index (χ0) is 14.1. The van der Waals surface area contributed by atoms with Crippen LogP contribution in [-0.2, 0) is 0 Å². The molecule has 2 saturated heterocycles. The molecule has 21 heavy (non-hydrogen) atoms. The van der Waals surface area contributed by atoms with Crippen molar-refractivity contribution in [1.82, 2.24) is 10.2 Å². The monoisotopic (exact) mass is 290 g/mol. The normalized spacial score (nSPS) is 44.9. The third kappa shape index (κ3) is 3.17. The Kier molecular flexibility index (Phi) is 4.55. The van der Waals surface area contributed by atoms with Crippen LogP contribution < -0.4 is 5.32 Å². The SMILES string of the molecule is C1CCC2NC(CN3CCC[C@H]4CCCC[C@H]43)CCC2C1. The lowest BCUT2D eigenvalue weighted by atomic mass is 9.76. The van der Waals surface area contributed by atoms with Crippen LogP contribution in [-0.4, -0.2) is 36.1 Å². The number of hydrogen-bond donors (Lipinski definition) is 1. The second-order valence-corrected chi connectivity index (χ2v) is 8.34. The van der Waals surface area contributed by atoms with Crippen molar-refractivity contribution in [2.45, 2.75) is 95.2 Å². The van der Waals surface area contributed by atoms with Crippen molar-refractivity contribution in [3.05, 3.63) is 0 Å². The molecule has 0 aromatic heterocycles. The molecule has 2 saturated carbocycles. The molecule has 4 aliphatic rings. The van der Waals surface area contributed by atoms with Gasteiger partial charge in [0, 0.05) is 24.7 Å². The molecule has 2 heterocycles. The number of nitrogens with zero attached hydrogens (tertiary/aromatic N) is 1. The Morgan fingerprint density at radius 2 is 1.48 bits per heavy atom. The topological polar surface area (TPSA) is 15.3 Å². The summed E-state index contributed by atoms with van der Waals surface area (Å²) < 4.78 is 0. The Balaban J connectivity index is 1.34. The van der Waals surface area contributed by atoms with Crippen molar-refractivity contribution < 1.29 is 0 Å². The zero-order valence-electron chi connectivity index (χ0n) is 13.7. The fraction of sp³-hybridized carbons (Fsp3) is 1.00. The van der Waals surface area contributed by atoms with E-state index in [-0.39, 0.29) is 0 Å². The first-order valence-corrected chi connectivity index (χ1v) is 9.90. The minimum Gasteiger partial charge on any atom is -0.310 e. The van der Waals surface area contributed by atoms with E-state index in [1.807, 2.05) is 0 Å².